The highest BCUT2D eigenvalue weighted by Crippen LogP contribution is 2.22. The molecule has 0 bridgehead atoms. The van der Waals surface area contributed by atoms with E-state index in [0.717, 1.165) is 6.42 Å². The Bertz CT molecular complexity index is 407. The number of amides is 1. The molecule has 1 rings (SSSR count). The van der Waals surface area contributed by atoms with Crippen LogP contribution in [-0.4, -0.2) is 26.2 Å². The van der Waals surface area contributed by atoms with E-state index in [0.29, 0.717) is 23.0 Å². The van der Waals surface area contributed by atoms with E-state index in [9.17, 15) is 4.79 Å². The van der Waals surface area contributed by atoms with Crippen molar-refractivity contribution in [3.05, 3.63) is 23.8 Å². The number of hydrogen-bond donors (Lipinski definition) is 1. The number of ether oxygens (including phenoxy) is 2. The lowest BCUT2D eigenvalue weighted by molar-refractivity contribution is 0.0935. The molecule has 1 atom stereocenters. The van der Waals surface area contributed by atoms with Crippen molar-refractivity contribution in [2.24, 2.45) is 5.92 Å². The van der Waals surface area contributed by atoms with Crippen molar-refractivity contribution in [2.45, 2.75) is 33.2 Å². The molecule has 1 aromatic carbocycles. The molecule has 4 nitrogen and oxygen atoms in total. The van der Waals surface area contributed by atoms with Gasteiger partial charge in [-0.2, -0.15) is 0 Å². The Kier molecular flexibility index (Phi) is 5.67. The SMILES string of the molecule is COc1cc(OC)cc(C(=O)N[C@@H](C)CC(C)C)c1. The van der Waals surface area contributed by atoms with Crippen LogP contribution in [0, 0.1) is 5.92 Å². The molecule has 0 aliphatic carbocycles. The lowest BCUT2D eigenvalue weighted by Gasteiger charge is -2.16. The van der Waals surface area contributed by atoms with E-state index in [1.54, 1.807) is 32.4 Å². The summed E-state index contributed by atoms with van der Waals surface area (Å²) >= 11 is 0. The molecule has 1 N–H and O–H groups in total. The number of hydrogen-bond acceptors (Lipinski definition) is 3. The summed E-state index contributed by atoms with van der Waals surface area (Å²) in [5.74, 6) is 1.67. The summed E-state index contributed by atoms with van der Waals surface area (Å²) in [5, 5.41) is 2.98. The maximum absolute atomic E-state index is 12.2. The first-order valence-corrected chi connectivity index (χ1v) is 6.50. The fourth-order valence-electron chi connectivity index (χ4n) is 2.01. The molecular weight excluding hydrogens is 242 g/mol. The molecule has 0 saturated heterocycles. The molecule has 0 aliphatic rings. The Labute approximate surface area is 115 Å². The van der Waals surface area contributed by atoms with Crippen LogP contribution in [0.1, 0.15) is 37.6 Å². The maximum atomic E-state index is 12.2. The minimum absolute atomic E-state index is 0.106. The van der Waals surface area contributed by atoms with E-state index in [1.165, 1.54) is 0 Å². The van der Waals surface area contributed by atoms with Crippen LogP contribution in [0.25, 0.3) is 0 Å². The summed E-state index contributed by atoms with van der Waals surface area (Å²) in [4.78, 5) is 12.2. The van der Waals surface area contributed by atoms with Crippen molar-refractivity contribution in [1.82, 2.24) is 5.32 Å². The topological polar surface area (TPSA) is 47.6 Å². The fraction of sp³-hybridized carbons (Fsp3) is 0.533. The van der Waals surface area contributed by atoms with Gasteiger partial charge in [-0.3, -0.25) is 4.79 Å². The zero-order valence-corrected chi connectivity index (χ0v) is 12.3. The van der Waals surface area contributed by atoms with Crippen molar-refractivity contribution in [1.29, 1.82) is 0 Å². The van der Waals surface area contributed by atoms with Crippen LogP contribution in [-0.2, 0) is 0 Å². The second-order valence-electron chi connectivity index (χ2n) is 5.11. The van der Waals surface area contributed by atoms with Gasteiger partial charge < -0.3 is 14.8 Å². The first-order chi connectivity index (χ1) is 8.96. The number of carbonyl (C=O) groups is 1. The highest BCUT2D eigenvalue weighted by molar-refractivity contribution is 5.95. The predicted octanol–water partition coefficient (Wildman–Crippen LogP) is 2.87. The van der Waals surface area contributed by atoms with Gasteiger partial charge in [-0.1, -0.05) is 13.8 Å². The van der Waals surface area contributed by atoms with Crippen molar-refractivity contribution in [2.75, 3.05) is 14.2 Å². The normalized spacial score (nSPS) is 12.1. The Morgan fingerprint density at radius 2 is 1.63 bits per heavy atom. The molecule has 0 aromatic heterocycles. The van der Waals surface area contributed by atoms with E-state index in [4.69, 9.17) is 9.47 Å². The van der Waals surface area contributed by atoms with Crippen LogP contribution in [0.15, 0.2) is 18.2 Å². The highest BCUT2D eigenvalue weighted by Gasteiger charge is 2.13. The monoisotopic (exact) mass is 265 g/mol. The molecule has 0 spiro atoms. The quantitative estimate of drug-likeness (QED) is 0.860. The molecule has 0 saturated carbocycles. The summed E-state index contributed by atoms with van der Waals surface area (Å²) in [7, 11) is 3.13. The van der Waals surface area contributed by atoms with E-state index in [1.807, 2.05) is 6.92 Å². The Morgan fingerprint density at radius 3 is 2.05 bits per heavy atom. The molecule has 106 valence electrons. The van der Waals surface area contributed by atoms with E-state index in [2.05, 4.69) is 19.2 Å². The van der Waals surface area contributed by atoms with Crippen molar-refractivity contribution in [3.8, 4) is 11.5 Å². The summed E-state index contributed by atoms with van der Waals surface area (Å²) in [5.41, 5.74) is 0.548. The van der Waals surface area contributed by atoms with Crippen LogP contribution in [0.4, 0.5) is 0 Å². The summed E-state index contributed by atoms with van der Waals surface area (Å²) < 4.78 is 10.3. The summed E-state index contributed by atoms with van der Waals surface area (Å²) in [6.07, 6.45) is 0.951. The predicted molar refractivity (Wildman–Crippen MR) is 75.9 cm³/mol. The lowest BCUT2D eigenvalue weighted by Crippen LogP contribution is -2.33. The second-order valence-corrected chi connectivity index (χ2v) is 5.11. The maximum Gasteiger partial charge on any atom is 0.251 e. The average Bonchev–Trinajstić information content (AvgIpc) is 2.36. The van der Waals surface area contributed by atoms with Crippen molar-refractivity contribution >= 4 is 5.91 Å². The van der Waals surface area contributed by atoms with E-state index in [-0.39, 0.29) is 11.9 Å². The number of carbonyl (C=O) groups excluding carboxylic acids is 1. The molecule has 0 radical (unpaired) electrons. The van der Waals surface area contributed by atoms with Gasteiger partial charge in [-0.15, -0.1) is 0 Å². The zero-order valence-electron chi connectivity index (χ0n) is 12.3. The Hall–Kier alpha value is -1.71. The van der Waals surface area contributed by atoms with Crippen LogP contribution in [0.3, 0.4) is 0 Å². The van der Waals surface area contributed by atoms with Gasteiger partial charge in [0.25, 0.3) is 5.91 Å². The molecule has 4 heteroatoms. The fourth-order valence-corrected chi connectivity index (χ4v) is 2.01. The van der Waals surface area contributed by atoms with Gasteiger partial charge in [0.1, 0.15) is 11.5 Å². The minimum atomic E-state index is -0.106. The van der Waals surface area contributed by atoms with Gasteiger partial charge in [0.05, 0.1) is 14.2 Å². The minimum Gasteiger partial charge on any atom is -0.497 e. The van der Waals surface area contributed by atoms with Crippen LogP contribution in [0.5, 0.6) is 11.5 Å². The van der Waals surface area contributed by atoms with Gasteiger partial charge in [0.2, 0.25) is 0 Å². The molecule has 0 fully saturated rings. The molecule has 0 unspecified atom stereocenters. The van der Waals surface area contributed by atoms with Gasteiger partial charge in [-0.25, -0.2) is 0 Å². The van der Waals surface area contributed by atoms with E-state index >= 15 is 0 Å². The average molecular weight is 265 g/mol. The molecular formula is C15H23NO3. The van der Waals surface area contributed by atoms with Crippen molar-refractivity contribution in [3.63, 3.8) is 0 Å². The van der Waals surface area contributed by atoms with Gasteiger partial charge >= 0.3 is 0 Å². The first kappa shape index (κ1) is 15.3. The number of rotatable bonds is 6. The van der Waals surface area contributed by atoms with Crippen LogP contribution in [0.2, 0.25) is 0 Å². The lowest BCUT2D eigenvalue weighted by atomic mass is 10.0. The van der Waals surface area contributed by atoms with Gasteiger partial charge in [0.15, 0.2) is 0 Å². The molecule has 0 aliphatic heterocycles. The number of methoxy groups -OCH3 is 2. The highest BCUT2D eigenvalue weighted by atomic mass is 16.5. The third kappa shape index (κ3) is 4.81. The number of benzene rings is 1. The Morgan fingerprint density at radius 1 is 1.11 bits per heavy atom. The van der Waals surface area contributed by atoms with E-state index < -0.39 is 0 Å². The standard InChI is InChI=1S/C15H23NO3/c1-10(2)6-11(3)16-15(17)12-7-13(18-4)9-14(8-12)19-5/h7-11H,6H2,1-5H3,(H,16,17)/t11-/m0/s1. The van der Waals surface area contributed by atoms with Crippen LogP contribution >= 0.6 is 0 Å². The third-order valence-corrected chi connectivity index (χ3v) is 2.82. The van der Waals surface area contributed by atoms with Gasteiger partial charge in [-0.05, 0) is 31.4 Å². The molecule has 19 heavy (non-hydrogen) atoms. The summed E-state index contributed by atoms with van der Waals surface area (Å²) in [6, 6.07) is 5.30. The Balaban J connectivity index is 2.81. The second kappa shape index (κ2) is 7.02. The molecule has 0 heterocycles. The molecule has 1 amide bonds. The zero-order chi connectivity index (χ0) is 14.4. The summed E-state index contributed by atoms with van der Waals surface area (Å²) in [6.45, 7) is 6.28. The first-order valence-electron chi connectivity index (χ1n) is 6.50. The van der Waals surface area contributed by atoms with Crippen molar-refractivity contribution < 1.29 is 14.3 Å². The van der Waals surface area contributed by atoms with Crippen LogP contribution < -0.4 is 14.8 Å². The third-order valence-electron chi connectivity index (χ3n) is 2.82. The van der Waals surface area contributed by atoms with Gasteiger partial charge in [0, 0.05) is 17.7 Å². The smallest absolute Gasteiger partial charge is 0.251 e. The number of nitrogens with one attached hydrogen (secondary N) is 1. The largest absolute Gasteiger partial charge is 0.497 e. The molecule has 1 aromatic rings.